The summed E-state index contributed by atoms with van der Waals surface area (Å²) < 4.78 is 5.39. The lowest BCUT2D eigenvalue weighted by atomic mass is 10.2. The number of hydrogen-bond donors (Lipinski definition) is 0. The van der Waals surface area contributed by atoms with Crippen molar-refractivity contribution in [3.8, 4) is 0 Å². The van der Waals surface area contributed by atoms with Gasteiger partial charge in [0.25, 0.3) is 0 Å². The molecule has 1 heterocycles. The van der Waals surface area contributed by atoms with Gasteiger partial charge in [0.2, 0.25) is 0 Å². The molecule has 2 rings (SSSR count). The predicted molar refractivity (Wildman–Crippen MR) is 75.6 cm³/mol. The second-order valence-electron chi connectivity index (χ2n) is 5.89. The fourth-order valence-electron chi connectivity index (χ4n) is 2.06. The minimum atomic E-state index is -0.426. The van der Waals surface area contributed by atoms with Crippen LogP contribution in [0.2, 0.25) is 0 Å². The largest absolute Gasteiger partial charge is 0.457 e. The van der Waals surface area contributed by atoms with E-state index < -0.39 is 5.60 Å². The topological polar surface area (TPSA) is 29.5 Å². The van der Waals surface area contributed by atoms with E-state index in [4.69, 9.17) is 4.74 Å². The molecular formula is C16H21NO2. The van der Waals surface area contributed by atoms with Crippen LogP contribution in [0.4, 0.5) is 0 Å². The third-order valence-electron chi connectivity index (χ3n) is 2.90. The van der Waals surface area contributed by atoms with Gasteiger partial charge in [-0.1, -0.05) is 36.4 Å². The first-order valence-electron chi connectivity index (χ1n) is 6.63. The number of benzene rings is 1. The Morgan fingerprint density at radius 3 is 2.58 bits per heavy atom. The maximum Gasteiger partial charge on any atom is 0.335 e. The van der Waals surface area contributed by atoms with E-state index in [1.807, 2.05) is 45.0 Å². The number of esters is 1. The van der Waals surface area contributed by atoms with Gasteiger partial charge in [-0.2, -0.15) is 0 Å². The molecule has 1 aromatic rings. The first-order chi connectivity index (χ1) is 8.94. The zero-order valence-electron chi connectivity index (χ0n) is 11.8. The third-order valence-corrected chi connectivity index (χ3v) is 2.90. The van der Waals surface area contributed by atoms with E-state index in [0.717, 1.165) is 18.7 Å². The first-order valence-corrected chi connectivity index (χ1v) is 6.63. The molecule has 102 valence electrons. The van der Waals surface area contributed by atoms with Crippen LogP contribution in [0.3, 0.4) is 0 Å². The lowest BCUT2D eigenvalue weighted by Crippen LogP contribution is -2.27. The van der Waals surface area contributed by atoms with E-state index in [0.29, 0.717) is 6.54 Å². The van der Waals surface area contributed by atoms with Crippen molar-refractivity contribution in [1.29, 1.82) is 0 Å². The molecule has 0 unspecified atom stereocenters. The highest BCUT2D eigenvalue weighted by Crippen LogP contribution is 2.17. The molecule has 19 heavy (non-hydrogen) atoms. The van der Waals surface area contributed by atoms with Crippen molar-refractivity contribution in [2.24, 2.45) is 0 Å². The SMILES string of the molecule is CC(C)(C)OC(=O)C1=CCN(Cc2ccccc2)C1. The molecule has 1 aliphatic heterocycles. The summed E-state index contributed by atoms with van der Waals surface area (Å²) in [5.74, 6) is -0.192. The van der Waals surface area contributed by atoms with Crippen molar-refractivity contribution in [1.82, 2.24) is 4.90 Å². The number of carbonyl (C=O) groups is 1. The molecule has 0 bridgehead atoms. The fraction of sp³-hybridized carbons (Fsp3) is 0.438. The van der Waals surface area contributed by atoms with Gasteiger partial charge in [-0.15, -0.1) is 0 Å². The Morgan fingerprint density at radius 1 is 1.26 bits per heavy atom. The number of carbonyl (C=O) groups excluding carboxylic acids is 1. The molecule has 0 radical (unpaired) electrons. The smallest absolute Gasteiger partial charge is 0.335 e. The monoisotopic (exact) mass is 259 g/mol. The van der Waals surface area contributed by atoms with Crippen LogP contribution in [-0.2, 0) is 16.1 Å². The van der Waals surface area contributed by atoms with Crippen LogP contribution >= 0.6 is 0 Å². The molecule has 3 heteroatoms. The average Bonchev–Trinajstić information content (AvgIpc) is 2.77. The molecule has 0 atom stereocenters. The summed E-state index contributed by atoms with van der Waals surface area (Å²) >= 11 is 0. The summed E-state index contributed by atoms with van der Waals surface area (Å²) in [5, 5.41) is 0. The first kappa shape index (κ1) is 13.8. The maximum atomic E-state index is 11.9. The number of ether oxygens (including phenoxy) is 1. The van der Waals surface area contributed by atoms with E-state index in [1.165, 1.54) is 5.56 Å². The van der Waals surface area contributed by atoms with Crippen LogP contribution in [0.5, 0.6) is 0 Å². The highest BCUT2D eigenvalue weighted by Gasteiger charge is 2.24. The van der Waals surface area contributed by atoms with Gasteiger partial charge in [0.05, 0.1) is 0 Å². The van der Waals surface area contributed by atoms with Crippen LogP contribution in [0.15, 0.2) is 42.0 Å². The van der Waals surface area contributed by atoms with Crippen molar-refractivity contribution in [3.05, 3.63) is 47.5 Å². The Kier molecular flexibility index (Phi) is 4.05. The Hall–Kier alpha value is -1.61. The number of hydrogen-bond acceptors (Lipinski definition) is 3. The minimum absolute atomic E-state index is 0.192. The minimum Gasteiger partial charge on any atom is -0.457 e. The van der Waals surface area contributed by atoms with Crippen molar-refractivity contribution < 1.29 is 9.53 Å². The zero-order valence-corrected chi connectivity index (χ0v) is 11.8. The average molecular weight is 259 g/mol. The number of rotatable bonds is 3. The van der Waals surface area contributed by atoms with E-state index in [2.05, 4.69) is 17.0 Å². The lowest BCUT2D eigenvalue weighted by molar-refractivity contribution is -0.150. The normalized spacial score (nSPS) is 16.3. The molecule has 0 fully saturated rings. The second kappa shape index (κ2) is 5.57. The van der Waals surface area contributed by atoms with Crippen molar-refractivity contribution in [2.45, 2.75) is 32.9 Å². The Morgan fingerprint density at radius 2 is 1.95 bits per heavy atom. The van der Waals surface area contributed by atoms with E-state index in [-0.39, 0.29) is 5.97 Å². The van der Waals surface area contributed by atoms with Gasteiger partial charge in [0, 0.05) is 25.2 Å². The van der Waals surface area contributed by atoms with Crippen LogP contribution in [0, 0.1) is 0 Å². The lowest BCUT2D eigenvalue weighted by Gasteiger charge is -2.20. The number of nitrogens with zero attached hydrogens (tertiary/aromatic N) is 1. The van der Waals surface area contributed by atoms with Gasteiger partial charge >= 0.3 is 5.97 Å². The molecule has 0 N–H and O–H groups in total. The van der Waals surface area contributed by atoms with E-state index in [1.54, 1.807) is 0 Å². The van der Waals surface area contributed by atoms with Crippen LogP contribution in [-0.4, -0.2) is 29.6 Å². The molecule has 3 nitrogen and oxygen atoms in total. The van der Waals surface area contributed by atoms with Crippen molar-refractivity contribution in [2.75, 3.05) is 13.1 Å². The van der Waals surface area contributed by atoms with Gasteiger partial charge in [0.1, 0.15) is 5.60 Å². The van der Waals surface area contributed by atoms with Crippen molar-refractivity contribution >= 4 is 5.97 Å². The maximum absolute atomic E-state index is 11.9. The van der Waals surface area contributed by atoms with Crippen molar-refractivity contribution in [3.63, 3.8) is 0 Å². The standard InChI is InChI=1S/C16H21NO2/c1-16(2,3)19-15(18)14-9-10-17(12-14)11-13-7-5-4-6-8-13/h4-9H,10-12H2,1-3H3. The summed E-state index contributed by atoms with van der Waals surface area (Å²) in [5.41, 5.74) is 1.61. The van der Waals surface area contributed by atoms with Gasteiger partial charge in [-0.25, -0.2) is 4.79 Å². The quantitative estimate of drug-likeness (QED) is 0.782. The van der Waals surface area contributed by atoms with Crippen LogP contribution in [0.1, 0.15) is 26.3 Å². The molecule has 1 aliphatic rings. The molecule has 0 aliphatic carbocycles. The second-order valence-corrected chi connectivity index (χ2v) is 5.89. The summed E-state index contributed by atoms with van der Waals surface area (Å²) in [6.07, 6.45) is 1.97. The molecule has 0 saturated heterocycles. The summed E-state index contributed by atoms with van der Waals surface area (Å²) in [6, 6.07) is 10.3. The van der Waals surface area contributed by atoms with E-state index in [9.17, 15) is 4.79 Å². The Balaban J connectivity index is 1.87. The van der Waals surface area contributed by atoms with E-state index >= 15 is 0 Å². The molecule has 0 spiro atoms. The molecule has 0 saturated carbocycles. The van der Waals surface area contributed by atoms with Gasteiger partial charge in [0.15, 0.2) is 0 Å². The van der Waals surface area contributed by atoms with Gasteiger partial charge in [-0.05, 0) is 26.3 Å². The Labute approximate surface area is 114 Å². The summed E-state index contributed by atoms with van der Waals surface area (Å²) in [7, 11) is 0. The highest BCUT2D eigenvalue weighted by atomic mass is 16.6. The predicted octanol–water partition coefficient (Wildman–Crippen LogP) is 2.77. The van der Waals surface area contributed by atoms with Gasteiger partial charge < -0.3 is 4.74 Å². The molecule has 0 amide bonds. The molecule has 1 aromatic carbocycles. The van der Waals surface area contributed by atoms with Crippen LogP contribution in [0.25, 0.3) is 0 Å². The highest BCUT2D eigenvalue weighted by molar-refractivity contribution is 5.89. The molecule has 0 aromatic heterocycles. The fourth-order valence-corrected chi connectivity index (χ4v) is 2.06. The zero-order chi connectivity index (χ0) is 13.9. The van der Waals surface area contributed by atoms with Gasteiger partial charge in [-0.3, -0.25) is 4.90 Å². The Bertz CT molecular complexity index is 471. The summed E-state index contributed by atoms with van der Waals surface area (Å²) in [4.78, 5) is 14.2. The van der Waals surface area contributed by atoms with Crippen LogP contribution < -0.4 is 0 Å². The summed E-state index contributed by atoms with van der Waals surface area (Å²) in [6.45, 7) is 8.02. The third kappa shape index (κ3) is 4.21. The molecular weight excluding hydrogens is 238 g/mol.